The predicted molar refractivity (Wildman–Crippen MR) is 199 cm³/mol. The van der Waals surface area contributed by atoms with Crippen LogP contribution in [0.2, 0.25) is 0 Å². The first-order valence-corrected chi connectivity index (χ1v) is 18.6. The van der Waals surface area contributed by atoms with Gasteiger partial charge in [0.05, 0.1) is 34.8 Å². The van der Waals surface area contributed by atoms with Gasteiger partial charge in [0.1, 0.15) is 11.1 Å². The highest BCUT2D eigenvalue weighted by Gasteiger charge is 2.56. The number of aromatic nitrogens is 4. The summed E-state index contributed by atoms with van der Waals surface area (Å²) in [5, 5.41) is 13.7. The maximum atomic E-state index is 14.8. The second-order valence-electron chi connectivity index (χ2n) is 17.0. The van der Waals surface area contributed by atoms with E-state index in [9.17, 15) is 19.1 Å². The SMILES string of the molecule is CC(C)n1cnc2cc(-c3ccc4c(c3)N([C@H]3C[C@@H](N5CCC(C)(C)C5)C3)C(=O)C43CCN(C(=O)C(C)(C)O)CC3)nc(Nc3ccncc3F)c21. The molecule has 2 N–H and O–H groups in total. The third-order valence-corrected chi connectivity index (χ3v) is 11.9. The number of halogens is 1. The van der Waals surface area contributed by atoms with E-state index in [-0.39, 0.29) is 29.6 Å². The molecule has 1 aliphatic carbocycles. The van der Waals surface area contributed by atoms with Gasteiger partial charge in [0.25, 0.3) is 5.91 Å². The van der Waals surface area contributed by atoms with E-state index in [0.29, 0.717) is 48.9 Å². The van der Waals surface area contributed by atoms with Crippen molar-refractivity contribution in [2.45, 2.75) is 103 Å². The molecule has 0 atom stereocenters. The number of imidazole rings is 1. The van der Waals surface area contributed by atoms with Gasteiger partial charge in [-0.15, -0.1) is 0 Å². The van der Waals surface area contributed by atoms with Crippen LogP contribution >= 0.6 is 0 Å². The van der Waals surface area contributed by atoms with Crippen LogP contribution in [0.4, 0.5) is 21.6 Å². The van der Waals surface area contributed by atoms with E-state index in [2.05, 4.69) is 59.9 Å². The Hall–Kier alpha value is -4.42. The molecule has 12 heteroatoms. The zero-order valence-electron chi connectivity index (χ0n) is 31.0. The summed E-state index contributed by atoms with van der Waals surface area (Å²) in [7, 11) is 0. The van der Waals surface area contributed by atoms with E-state index in [0.717, 1.165) is 53.8 Å². The van der Waals surface area contributed by atoms with Crippen molar-refractivity contribution in [1.82, 2.24) is 29.3 Å². The summed E-state index contributed by atoms with van der Waals surface area (Å²) in [5.74, 6) is -0.210. The molecule has 2 amide bonds. The van der Waals surface area contributed by atoms with E-state index in [1.54, 1.807) is 17.3 Å². The number of carbonyl (C=O) groups is 2. The first-order chi connectivity index (χ1) is 24.6. The number of pyridine rings is 2. The molecule has 4 aliphatic rings. The van der Waals surface area contributed by atoms with Gasteiger partial charge in [-0.25, -0.2) is 14.4 Å². The Morgan fingerprint density at radius 3 is 2.46 bits per heavy atom. The molecule has 11 nitrogen and oxygen atoms in total. The standard InChI is InChI=1S/C40H49FN8O3/c1-24(2)48-23-43-32-20-31(45-35(34(32)48)44-30-9-13-42-21-29(30)41)25-7-8-28-33(17-25)49(27-18-26(19-27)47-14-10-38(3,4)22-47)37(51)40(28)11-15-46(16-12-40)36(50)39(5,6)52/h7-9,13,17,20-21,23-24,26-27,52H,10-12,14-16,18-19,22H2,1-6H3,(H,42,44,45)/t26-,27+. The molecule has 52 heavy (non-hydrogen) atoms. The fourth-order valence-corrected chi connectivity index (χ4v) is 8.90. The molecule has 8 rings (SSSR count). The van der Waals surface area contributed by atoms with Crippen molar-refractivity contribution >= 4 is 40.0 Å². The van der Waals surface area contributed by atoms with E-state index in [4.69, 9.17) is 9.97 Å². The molecule has 1 saturated carbocycles. The van der Waals surface area contributed by atoms with Crippen molar-refractivity contribution in [2.75, 3.05) is 36.4 Å². The van der Waals surface area contributed by atoms with Crippen LogP contribution in [0.25, 0.3) is 22.3 Å². The monoisotopic (exact) mass is 708 g/mol. The number of carbonyl (C=O) groups excluding carboxylic acids is 2. The van der Waals surface area contributed by atoms with Crippen molar-refractivity contribution in [1.29, 1.82) is 0 Å². The number of likely N-dealkylation sites (tertiary alicyclic amines) is 2. The third kappa shape index (κ3) is 5.74. The van der Waals surface area contributed by atoms with Gasteiger partial charge in [-0.3, -0.25) is 19.5 Å². The number of piperidine rings is 1. The van der Waals surface area contributed by atoms with Crippen LogP contribution in [0, 0.1) is 11.2 Å². The molecule has 2 saturated heterocycles. The van der Waals surface area contributed by atoms with Gasteiger partial charge >= 0.3 is 0 Å². The number of nitrogens with zero attached hydrogens (tertiary/aromatic N) is 7. The van der Waals surface area contributed by atoms with Crippen LogP contribution in [0.1, 0.15) is 85.3 Å². The lowest BCUT2D eigenvalue weighted by molar-refractivity contribution is -0.150. The molecule has 1 aromatic carbocycles. The number of benzene rings is 1. The summed E-state index contributed by atoms with van der Waals surface area (Å²) in [5.41, 5.74) is 3.23. The molecule has 1 spiro atoms. The Balaban J connectivity index is 1.18. The van der Waals surface area contributed by atoms with Crippen LogP contribution in [-0.2, 0) is 15.0 Å². The molecule has 6 heterocycles. The number of anilines is 3. The van der Waals surface area contributed by atoms with Gasteiger partial charge in [-0.1, -0.05) is 26.0 Å². The minimum absolute atomic E-state index is 0.0784. The molecule has 0 bridgehead atoms. The number of fused-ring (bicyclic) bond motifs is 3. The molecule has 3 aromatic heterocycles. The fraction of sp³-hybridized carbons (Fsp3) is 0.525. The van der Waals surface area contributed by atoms with E-state index in [1.165, 1.54) is 32.7 Å². The smallest absolute Gasteiger partial charge is 0.253 e. The molecule has 3 fully saturated rings. The van der Waals surface area contributed by atoms with E-state index < -0.39 is 16.8 Å². The summed E-state index contributed by atoms with van der Waals surface area (Å²) in [6.45, 7) is 14.8. The number of hydrogen-bond donors (Lipinski definition) is 2. The number of hydrogen-bond acceptors (Lipinski definition) is 8. The minimum Gasteiger partial charge on any atom is -0.381 e. The fourth-order valence-electron chi connectivity index (χ4n) is 8.90. The first kappa shape index (κ1) is 34.7. The van der Waals surface area contributed by atoms with Gasteiger partial charge in [-0.2, -0.15) is 0 Å². The zero-order valence-corrected chi connectivity index (χ0v) is 31.0. The van der Waals surface area contributed by atoms with Crippen LogP contribution in [0.3, 0.4) is 0 Å². The molecule has 274 valence electrons. The number of nitrogens with one attached hydrogen (secondary N) is 1. The van der Waals surface area contributed by atoms with Crippen molar-refractivity contribution in [3.05, 3.63) is 60.4 Å². The molecule has 3 aliphatic heterocycles. The quantitative estimate of drug-likeness (QED) is 0.233. The minimum atomic E-state index is -1.47. The van der Waals surface area contributed by atoms with Gasteiger partial charge in [-0.05, 0) is 95.5 Å². The topological polar surface area (TPSA) is 120 Å². The third-order valence-electron chi connectivity index (χ3n) is 11.9. The average molecular weight is 709 g/mol. The van der Waals surface area contributed by atoms with Crippen molar-refractivity contribution in [2.24, 2.45) is 5.41 Å². The van der Waals surface area contributed by atoms with Gasteiger partial charge < -0.3 is 24.8 Å². The Labute approximate surface area is 304 Å². The Morgan fingerprint density at radius 1 is 1.06 bits per heavy atom. The van der Waals surface area contributed by atoms with Crippen molar-refractivity contribution < 1.29 is 19.1 Å². The number of aliphatic hydroxyl groups is 1. The molecular weight excluding hydrogens is 659 g/mol. The Kier molecular flexibility index (Phi) is 8.22. The second kappa shape index (κ2) is 12.3. The summed E-state index contributed by atoms with van der Waals surface area (Å²) in [4.78, 5) is 47.9. The van der Waals surface area contributed by atoms with Crippen molar-refractivity contribution in [3.8, 4) is 11.3 Å². The molecule has 4 aromatic rings. The summed E-state index contributed by atoms with van der Waals surface area (Å²) < 4.78 is 16.9. The lowest BCUT2D eigenvalue weighted by Gasteiger charge is -2.47. The van der Waals surface area contributed by atoms with Crippen LogP contribution in [0.5, 0.6) is 0 Å². The zero-order chi connectivity index (χ0) is 36.7. The second-order valence-corrected chi connectivity index (χ2v) is 17.0. The molecular formula is C40H49FN8O3. The van der Waals surface area contributed by atoms with E-state index in [1.807, 2.05) is 16.7 Å². The Morgan fingerprint density at radius 2 is 1.81 bits per heavy atom. The maximum absolute atomic E-state index is 14.8. The number of amides is 2. The summed E-state index contributed by atoms with van der Waals surface area (Å²) in [6, 6.07) is 10.4. The molecule has 0 unspecified atom stereocenters. The van der Waals surface area contributed by atoms with Gasteiger partial charge in [0, 0.05) is 55.2 Å². The van der Waals surface area contributed by atoms with Crippen LogP contribution in [0.15, 0.2) is 49.1 Å². The van der Waals surface area contributed by atoms with Gasteiger partial charge in [0.15, 0.2) is 11.6 Å². The molecule has 0 radical (unpaired) electrons. The van der Waals surface area contributed by atoms with Crippen LogP contribution in [-0.4, -0.2) is 90.1 Å². The highest BCUT2D eigenvalue weighted by Crippen LogP contribution is 2.52. The van der Waals surface area contributed by atoms with Crippen LogP contribution < -0.4 is 10.2 Å². The lowest BCUT2D eigenvalue weighted by Crippen LogP contribution is -2.58. The van der Waals surface area contributed by atoms with Gasteiger partial charge in [0.2, 0.25) is 5.91 Å². The summed E-state index contributed by atoms with van der Waals surface area (Å²) in [6.07, 6.45) is 8.51. The largest absolute Gasteiger partial charge is 0.381 e. The predicted octanol–water partition coefficient (Wildman–Crippen LogP) is 6.20. The Bertz CT molecular complexity index is 2060. The first-order valence-electron chi connectivity index (χ1n) is 18.6. The maximum Gasteiger partial charge on any atom is 0.253 e. The normalized spacial score (nSPS) is 22.8. The average Bonchev–Trinajstić information content (AvgIpc) is 3.74. The van der Waals surface area contributed by atoms with E-state index >= 15 is 0 Å². The highest BCUT2D eigenvalue weighted by atomic mass is 19.1. The highest BCUT2D eigenvalue weighted by molar-refractivity contribution is 6.09. The lowest BCUT2D eigenvalue weighted by atomic mass is 9.73. The number of rotatable bonds is 7. The van der Waals surface area contributed by atoms with Crippen molar-refractivity contribution in [3.63, 3.8) is 0 Å². The summed E-state index contributed by atoms with van der Waals surface area (Å²) >= 11 is 0.